The first kappa shape index (κ1) is 19.5. The normalized spacial score (nSPS) is 16.3. The fourth-order valence-corrected chi connectivity index (χ4v) is 3.37. The van der Waals surface area contributed by atoms with E-state index in [4.69, 9.17) is 10.5 Å². The quantitative estimate of drug-likeness (QED) is 0.716. The molecule has 0 unspecified atom stereocenters. The van der Waals surface area contributed by atoms with Gasteiger partial charge >= 0.3 is 6.03 Å². The Morgan fingerprint density at radius 1 is 1.18 bits per heavy atom. The summed E-state index contributed by atoms with van der Waals surface area (Å²) in [6, 6.07) is 14.9. The molecular weight excluding hydrogens is 356 g/mol. The highest BCUT2D eigenvalue weighted by molar-refractivity contribution is 5.90. The van der Waals surface area contributed by atoms with Crippen molar-refractivity contribution >= 4 is 23.3 Å². The fraction of sp³-hybridized carbons (Fsp3) is 0.333. The molecule has 0 saturated carbocycles. The van der Waals surface area contributed by atoms with E-state index < -0.39 is 0 Å². The number of benzene rings is 2. The van der Waals surface area contributed by atoms with E-state index in [2.05, 4.69) is 15.5 Å². The molecule has 1 atom stereocenters. The van der Waals surface area contributed by atoms with Gasteiger partial charge < -0.3 is 26.0 Å². The van der Waals surface area contributed by atoms with Gasteiger partial charge in [-0.15, -0.1) is 0 Å². The van der Waals surface area contributed by atoms with Crippen LogP contribution in [0.2, 0.25) is 0 Å². The summed E-state index contributed by atoms with van der Waals surface area (Å²) >= 11 is 0. The maximum atomic E-state index is 12.1. The number of piperidine rings is 1. The third-order valence-corrected chi connectivity index (χ3v) is 4.93. The molecule has 3 amide bonds. The number of anilines is 2. The molecule has 0 aromatic heterocycles. The SMILES string of the molecule is COc1ccccc1NC(=O)NCc1ccc(N2CCC[C@H](C(N)=O)C2)cc1. The number of amides is 3. The van der Waals surface area contributed by atoms with Crippen LogP contribution >= 0.6 is 0 Å². The first-order chi connectivity index (χ1) is 13.6. The molecule has 2 aromatic carbocycles. The number of ether oxygens (including phenoxy) is 1. The molecule has 7 nitrogen and oxygen atoms in total. The molecule has 3 rings (SSSR count). The largest absolute Gasteiger partial charge is 0.495 e. The Morgan fingerprint density at radius 3 is 2.64 bits per heavy atom. The standard InChI is InChI=1S/C21H26N4O3/c1-28-19-7-3-2-6-18(19)24-21(27)23-13-15-8-10-17(11-9-15)25-12-4-5-16(14-25)20(22)26/h2-3,6-11,16H,4-5,12-14H2,1H3,(H2,22,26)(H2,23,24,27)/t16-/m0/s1. The van der Waals surface area contributed by atoms with Crippen LogP contribution in [0, 0.1) is 5.92 Å². The number of urea groups is 1. The summed E-state index contributed by atoms with van der Waals surface area (Å²) in [5, 5.41) is 5.62. The van der Waals surface area contributed by atoms with Crippen LogP contribution in [0.4, 0.5) is 16.2 Å². The molecule has 0 spiro atoms. The third kappa shape index (κ3) is 4.94. The van der Waals surface area contributed by atoms with Gasteiger partial charge in [0.2, 0.25) is 5.91 Å². The number of para-hydroxylation sites is 2. The van der Waals surface area contributed by atoms with Crippen molar-refractivity contribution in [3.05, 3.63) is 54.1 Å². The maximum Gasteiger partial charge on any atom is 0.319 e. The molecule has 4 N–H and O–H groups in total. The summed E-state index contributed by atoms with van der Waals surface area (Å²) in [5.74, 6) is 0.290. The minimum Gasteiger partial charge on any atom is -0.495 e. The molecule has 7 heteroatoms. The molecule has 2 aromatic rings. The smallest absolute Gasteiger partial charge is 0.319 e. The molecule has 0 radical (unpaired) electrons. The van der Waals surface area contributed by atoms with E-state index in [0.29, 0.717) is 24.5 Å². The molecule has 0 aliphatic carbocycles. The van der Waals surface area contributed by atoms with Gasteiger partial charge in [0.05, 0.1) is 18.7 Å². The average molecular weight is 382 g/mol. The molecule has 148 valence electrons. The number of nitrogens with zero attached hydrogens (tertiary/aromatic N) is 1. The lowest BCUT2D eigenvalue weighted by atomic mass is 9.97. The van der Waals surface area contributed by atoms with Gasteiger partial charge in [-0.2, -0.15) is 0 Å². The van der Waals surface area contributed by atoms with Gasteiger partial charge in [0, 0.05) is 25.3 Å². The summed E-state index contributed by atoms with van der Waals surface area (Å²) in [6.07, 6.45) is 1.81. The Morgan fingerprint density at radius 2 is 1.93 bits per heavy atom. The zero-order chi connectivity index (χ0) is 19.9. The molecular formula is C21H26N4O3. The van der Waals surface area contributed by atoms with Crippen molar-refractivity contribution < 1.29 is 14.3 Å². The van der Waals surface area contributed by atoms with E-state index in [-0.39, 0.29) is 17.9 Å². The second-order valence-corrected chi connectivity index (χ2v) is 6.86. The van der Waals surface area contributed by atoms with Gasteiger partial charge in [0.15, 0.2) is 0 Å². The Kier molecular flexibility index (Phi) is 6.37. The van der Waals surface area contributed by atoms with E-state index in [1.54, 1.807) is 19.2 Å². The van der Waals surface area contributed by atoms with Gasteiger partial charge in [-0.3, -0.25) is 4.79 Å². The number of nitrogens with one attached hydrogen (secondary N) is 2. The van der Waals surface area contributed by atoms with Crippen LogP contribution in [0.5, 0.6) is 5.75 Å². The van der Waals surface area contributed by atoms with E-state index in [1.807, 2.05) is 36.4 Å². The summed E-state index contributed by atoms with van der Waals surface area (Å²) in [5.41, 5.74) is 8.12. The Hall–Kier alpha value is -3.22. The van der Waals surface area contributed by atoms with Crippen LogP contribution in [0.15, 0.2) is 48.5 Å². The van der Waals surface area contributed by atoms with Gasteiger partial charge in [-0.25, -0.2) is 4.79 Å². The Balaban J connectivity index is 1.53. The van der Waals surface area contributed by atoms with Gasteiger partial charge in [-0.1, -0.05) is 24.3 Å². The lowest BCUT2D eigenvalue weighted by Gasteiger charge is -2.33. The molecule has 1 heterocycles. The summed E-state index contributed by atoms with van der Waals surface area (Å²) in [6.45, 7) is 1.99. The monoisotopic (exact) mass is 382 g/mol. The fourth-order valence-electron chi connectivity index (χ4n) is 3.37. The van der Waals surface area contributed by atoms with Crippen molar-refractivity contribution in [1.82, 2.24) is 5.32 Å². The minimum atomic E-state index is -0.297. The molecule has 1 fully saturated rings. The van der Waals surface area contributed by atoms with E-state index in [9.17, 15) is 9.59 Å². The van der Waals surface area contributed by atoms with Crippen LogP contribution < -0.4 is 26.0 Å². The predicted molar refractivity (Wildman–Crippen MR) is 109 cm³/mol. The number of nitrogens with two attached hydrogens (primary N) is 1. The highest BCUT2D eigenvalue weighted by atomic mass is 16.5. The number of hydrogen-bond acceptors (Lipinski definition) is 4. The first-order valence-electron chi connectivity index (χ1n) is 9.38. The molecule has 1 saturated heterocycles. The summed E-state index contributed by atoms with van der Waals surface area (Å²) < 4.78 is 5.23. The highest BCUT2D eigenvalue weighted by Crippen LogP contribution is 2.24. The lowest BCUT2D eigenvalue weighted by molar-refractivity contribution is -0.122. The Labute approximate surface area is 164 Å². The number of methoxy groups -OCH3 is 1. The van der Waals surface area contributed by atoms with Gasteiger partial charge in [-0.05, 0) is 42.7 Å². The van der Waals surface area contributed by atoms with Crippen LogP contribution in [-0.4, -0.2) is 32.1 Å². The van der Waals surface area contributed by atoms with Crippen LogP contribution in [0.1, 0.15) is 18.4 Å². The first-order valence-corrected chi connectivity index (χ1v) is 9.38. The highest BCUT2D eigenvalue weighted by Gasteiger charge is 2.24. The van der Waals surface area contributed by atoms with Crippen molar-refractivity contribution in [1.29, 1.82) is 0 Å². The Bertz CT molecular complexity index is 823. The molecule has 28 heavy (non-hydrogen) atoms. The maximum absolute atomic E-state index is 12.1. The second-order valence-electron chi connectivity index (χ2n) is 6.86. The summed E-state index contributed by atoms with van der Waals surface area (Å²) in [4.78, 5) is 25.8. The van der Waals surface area contributed by atoms with Gasteiger partial charge in [0.1, 0.15) is 5.75 Å². The van der Waals surface area contributed by atoms with Crippen LogP contribution in [-0.2, 0) is 11.3 Å². The van der Waals surface area contributed by atoms with E-state index in [1.165, 1.54) is 0 Å². The van der Waals surface area contributed by atoms with Crippen molar-refractivity contribution in [2.75, 3.05) is 30.4 Å². The number of carbonyl (C=O) groups excluding carboxylic acids is 2. The van der Waals surface area contributed by atoms with Crippen molar-refractivity contribution in [3.8, 4) is 5.75 Å². The van der Waals surface area contributed by atoms with Crippen molar-refractivity contribution in [2.24, 2.45) is 11.7 Å². The minimum absolute atomic E-state index is 0.0891. The number of carbonyl (C=O) groups is 2. The third-order valence-electron chi connectivity index (χ3n) is 4.93. The lowest BCUT2D eigenvalue weighted by Crippen LogP contribution is -2.41. The van der Waals surface area contributed by atoms with Crippen molar-refractivity contribution in [3.63, 3.8) is 0 Å². The zero-order valence-corrected chi connectivity index (χ0v) is 16.0. The van der Waals surface area contributed by atoms with E-state index in [0.717, 1.165) is 30.6 Å². The summed E-state index contributed by atoms with van der Waals surface area (Å²) in [7, 11) is 1.56. The number of hydrogen-bond donors (Lipinski definition) is 3. The molecule has 1 aliphatic heterocycles. The van der Waals surface area contributed by atoms with Gasteiger partial charge in [0.25, 0.3) is 0 Å². The zero-order valence-electron chi connectivity index (χ0n) is 16.0. The average Bonchev–Trinajstić information content (AvgIpc) is 2.73. The number of rotatable bonds is 6. The predicted octanol–water partition coefficient (Wildman–Crippen LogP) is 2.72. The second kappa shape index (κ2) is 9.12. The van der Waals surface area contributed by atoms with Crippen LogP contribution in [0.3, 0.4) is 0 Å². The number of primary amides is 1. The topological polar surface area (TPSA) is 96.7 Å². The molecule has 1 aliphatic rings. The van der Waals surface area contributed by atoms with Crippen molar-refractivity contribution in [2.45, 2.75) is 19.4 Å². The van der Waals surface area contributed by atoms with E-state index >= 15 is 0 Å². The van der Waals surface area contributed by atoms with Crippen LogP contribution in [0.25, 0.3) is 0 Å². The molecule has 0 bridgehead atoms.